The summed E-state index contributed by atoms with van der Waals surface area (Å²) < 4.78 is 10.6. The van der Waals surface area contributed by atoms with E-state index in [0.29, 0.717) is 11.5 Å². The predicted molar refractivity (Wildman–Crippen MR) is 96.5 cm³/mol. The van der Waals surface area contributed by atoms with Gasteiger partial charge in [0.25, 0.3) is 0 Å². The van der Waals surface area contributed by atoms with Crippen molar-refractivity contribution in [2.45, 2.75) is 32.4 Å². The Morgan fingerprint density at radius 3 is 2.33 bits per heavy atom. The fourth-order valence-electron chi connectivity index (χ4n) is 2.95. The molecule has 24 heavy (non-hydrogen) atoms. The molecule has 3 atom stereocenters. The highest BCUT2D eigenvalue weighted by Gasteiger charge is 2.24. The molecule has 2 aromatic rings. The molecule has 0 saturated heterocycles. The second kappa shape index (κ2) is 8.18. The normalized spacial score (nSPS) is 14.8. The SMILES string of the molecule is COc1ccc(CC(C)[C@@H](N)[C@H](O)c2ccccc2C)cc1OC. The second-order valence-electron chi connectivity index (χ2n) is 6.25. The Bertz CT molecular complexity index is 672. The molecule has 0 heterocycles. The van der Waals surface area contributed by atoms with E-state index in [1.807, 2.05) is 49.4 Å². The highest BCUT2D eigenvalue weighted by atomic mass is 16.5. The fraction of sp³-hybridized carbons (Fsp3) is 0.400. The second-order valence-corrected chi connectivity index (χ2v) is 6.25. The summed E-state index contributed by atoms with van der Waals surface area (Å²) in [5, 5.41) is 10.6. The van der Waals surface area contributed by atoms with E-state index in [1.165, 1.54) is 0 Å². The van der Waals surface area contributed by atoms with Crippen LogP contribution in [0.4, 0.5) is 0 Å². The lowest BCUT2D eigenvalue weighted by Gasteiger charge is -2.26. The monoisotopic (exact) mass is 329 g/mol. The lowest BCUT2D eigenvalue weighted by atomic mass is 9.87. The maximum Gasteiger partial charge on any atom is 0.160 e. The van der Waals surface area contributed by atoms with Crippen LogP contribution in [-0.4, -0.2) is 25.4 Å². The Morgan fingerprint density at radius 2 is 1.71 bits per heavy atom. The summed E-state index contributed by atoms with van der Waals surface area (Å²) in [6.45, 7) is 4.05. The van der Waals surface area contributed by atoms with E-state index in [-0.39, 0.29) is 12.0 Å². The molecule has 0 aliphatic rings. The van der Waals surface area contributed by atoms with Gasteiger partial charge < -0.3 is 20.3 Å². The van der Waals surface area contributed by atoms with Crippen LogP contribution in [0.1, 0.15) is 29.7 Å². The van der Waals surface area contributed by atoms with Gasteiger partial charge in [-0.3, -0.25) is 0 Å². The number of hydrogen-bond donors (Lipinski definition) is 2. The van der Waals surface area contributed by atoms with Gasteiger partial charge in [0.2, 0.25) is 0 Å². The lowest BCUT2D eigenvalue weighted by molar-refractivity contribution is 0.121. The maximum absolute atomic E-state index is 10.6. The van der Waals surface area contributed by atoms with Crippen molar-refractivity contribution < 1.29 is 14.6 Å². The van der Waals surface area contributed by atoms with Crippen molar-refractivity contribution in [3.63, 3.8) is 0 Å². The van der Waals surface area contributed by atoms with Crippen molar-refractivity contribution in [1.29, 1.82) is 0 Å². The van der Waals surface area contributed by atoms with Gasteiger partial charge in [0.1, 0.15) is 0 Å². The molecule has 3 N–H and O–H groups in total. The molecule has 2 aromatic carbocycles. The van der Waals surface area contributed by atoms with E-state index in [4.69, 9.17) is 15.2 Å². The summed E-state index contributed by atoms with van der Waals surface area (Å²) in [6, 6.07) is 13.3. The van der Waals surface area contributed by atoms with Gasteiger partial charge in [-0.1, -0.05) is 37.3 Å². The zero-order chi connectivity index (χ0) is 17.7. The molecule has 2 rings (SSSR count). The van der Waals surface area contributed by atoms with Crippen LogP contribution in [0.25, 0.3) is 0 Å². The van der Waals surface area contributed by atoms with E-state index in [0.717, 1.165) is 23.1 Å². The first-order valence-corrected chi connectivity index (χ1v) is 8.18. The Labute approximate surface area is 144 Å². The molecule has 0 fully saturated rings. The Kier molecular flexibility index (Phi) is 6.23. The van der Waals surface area contributed by atoms with Crippen LogP contribution in [-0.2, 0) is 6.42 Å². The fourth-order valence-corrected chi connectivity index (χ4v) is 2.95. The third kappa shape index (κ3) is 4.08. The minimum atomic E-state index is -0.679. The van der Waals surface area contributed by atoms with E-state index >= 15 is 0 Å². The predicted octanol–water partition coefficient (Wildman–Crippen LogP) is 3.25. The van der Waals surface area contributed by atoms with Gasteiger partial charge in [0.15, 0.2) is 11.5 Å². The number of aliphatic hydroxyl groups excluding tert-OH is 1. The summed E-state index contributed by atoms with van der Waals surface area (Å²) in [5.41, 5.74) is 9.38. The minimum absolute atomic E-state index is 0.109. The number of hydrogen-bond acceptors (Lipinski definition) is 4. The molecule has 0 spiro atoms. The molecule has 0 aliphatic heterocycles. The van der Waals surface area contributed by atoms with Gasteiger partial charge in [0, 0.05) is 6.04 Å². The van der Waals surface area contributed by atoms with Crippen LogP contribution in [0, 0.1) is 12.8 Å². The van der Waals surface area contributed by atoms with Crippen LogP contribution in [0.5, 0.6) is 11.5 Å². The number of rotatable bonds is 7. The van der Waals surface area contributed by atoms with E-state index in [9.17, 15) is 5.11 Å². The van der Waals surface area contributed by atoms with Crippen LogP contribution >= 0.6 is 0 Å². The number of aryl methyl sites for hydroxylation is 1. The van der Waals surface area contributed by atoms with Crippen LogP contribution < -0.4 is 15.2 Å². The summed E-state index contributed by atoms with van der Waals surface area (Å²) in [6.07, 6.45) is 0.0751. The Balaban J connectivity index is 2.11. The largest absolute Gasteiger partial charge is 0.493 e. The Morgan fingerprint density at radius 1 is 1.04 bits per heavy atom. The molecule has 0 amide bonds. The number of nitrogens with two attached hydrogens (primary N) is 1. The van der Waals surface area contributed by atoms with Crippen molar-refractivity contribution in [3.8, 4) is 11.5 Å². The average molecular weight is 329 g/mol. The van der Waals surface area contributed by atoms with Gasteiger partial charge in [-0.2, -0.15) is 0 Å². The van der Waals surface area contributed by atoms with Gasteiger partial charge in [-0.05, 0) is 48.1 Å². The van der Waals surface area contributed by atoms with E-state index in [2.05, 4.69) is 6.92 Å². The Hall–Kier alpha value is -2.04. The molecule has 0 aromatic heterocycles. The number of benzene rings is 2. The smallest absolute Gasteiger partial charge is 0.160 e. The maximum atomic E-state index is 10.6. The molecule has 4 heteroatoms. The first-order chi connectivity index (χ1) is 11.5. The lowest BCUT2D eigenvalue weighted by Crippen LogP contribution is -2.36. The number of ether oxygens (including phenoxy) is 2. The van der Waals surface area contributed by atoms with Crippen LogP contribution in [0.3, 0.4) is 0 Å². The quantitative estimate of drug-likeness (QED) is 0.818. The van der Waals surface area contributed by atoms with E-state index in [1.54, 1.807) is 14.2 Å². The highest BCUT2D eigenvalue weighted by molar-refractivity contribution is 5.43. The van der Waals surface area contributed by atoms with Crippen molar-refractivity contribution in [1.82, 2.24) is 0 Å². The van der Waals surface area contributed by atoms with Gasteiger partial charge in [-0.25, -0.2) is 0 Å². The molecule has 1 unspecified atom stereocenters. The topological polar surface area (TPSA) is 64.7 Å². The zero-order valence-corrected chi connectivity index (χ0v) is 14.8. The standard InChI is InChI=1S/C20H27NO3/c1-13-7-5-6-8-16(13)20(22)19(21)14(2)11-15-9-10-17(23-3)18(12-15)24-4/h5-10,12,14,19-20,22H,11,21H2,1-4H3/t14?,19-,20-/m1/s1. The van der Waals surface area contributed by atoms with E-state index < -0.39 is 6.10 Å². The number of methoxy groups -OCH3 is 2. The number of aliphatic hydroxyl groups is 1. The first-order valence-electron chi connectivity index (χ1n) is 8.18. The summed E-state index contributed by atoms with van der Waals surface area (Å²) in [7, 11) is 3.24. The average Bonchev–Trinajstić information content (AvgIpc) is 2.60. The molecule has 0 radical (unpaired) electrons. The molecule has 0 aliphatic carbocycles. The van der Waals surface area contributed by atoms with Gasteiger partial charge in [-0.15, -0.1) is 0 Å². The third-order valence-corrected chi connectivity index (χ3v) is 4.53. The van der Waals surface area contributed by atoms with Gasteiger partial charge in [0.05, 0.1) is 20.3 Å². The summed E-state index contributed by atoms with van der Waals surface area (Å²) >= 11 is 0. The molecule has 4 nitrogen and oxygen atoms in total. The molecular formula is C20H27NO3. The summed E-state index contributed by atoms with van der Waals surface area (Å²) in [4.78, 5) is 0. The van der Waals surface area contributed by atoms with Gasteiger partial charge >= 0.3 is 0 Å². The van der Waals surface area contributed by atoms with Crippen molar-refractivity contribution in [3.05, 3.63) is 59.2 Å². The highest BCUT2D eigenvalue weighted by Crippen LogP contribution is 2.30. The van der Waals surface area contributed by atoms with Crippen molar-refractivity contribution in [2.24, 2.45) is 11.7 Å². The van der Waals surface area contributed by atoms with Crippen LogP contribution in [0.2, 0.25) is 0 Å². The summed E-state index contributed by atoms with van der Waals surface area (Å²) in [5.74, 6) is 1.52. The molecule has 0 saturated carbocycles. The minimum Gasteiger partial charge on any atom is -0.493 e. The van der Waals surface area contributed by atoms with Crippen molar-refractivity contribution in [2.75, 3.05) is 14.2 Å². The van der Waals surface area contributed by atoms with Crippen molar-refractivity contribution >= 4 is 0 Å². The van der Waals surface area contributed by atoms with Crippen LogP contribution in [0.15, 0.2) is 42.5 Å². The first kappa shape index (κ1) is 18.3. The molecule has 0 bridgehead atoms. The third-order valence-electron chi connectivity index (χ3n) is 4.53. The molecule has 130 valence electrons. The zero-order valence-electron chi connectivity index (χ0n) is 14.8. The molecular weight excluding hydrogens is 302 g/mol.